The molecule has 0 N–H and O–H groups in total. The molecule has 0 fully saturated rings. The number of carbonyl (C=O) groups excluding carboxylic acids is 2. The first-order chi connectivity index (χ1) is 8.08. The third-order valence-electron chi connectivity index (χ3n) is 2.12. The van der Waals surface area contributed by atoms with Gasteiger partial charge in [-0.3, -0.25) is 9.59 Å². The molecular weight excluding hydrogens is 216 g/mol. The van der Waals surface area contributed by atoms with Crippen LogP contribution in [-0.4, -0.2) is 18.4 Å². The van der Waals surface area contributed by atoms with E-state index in [1.807, 2.05) is 37.3 Å². The molecule has 0 aliphatic heterocycles. The molecule has 1 rings (SSSR count). The maximum Gasteiger partial charge on any atom is 0.313 e. The number of aryl methyl sites for hydroxylation is 1. The van der Waals surface area contributed by atoms with Crippen molar-refractivity contribution in [3.8, 4) is 0 Å². The van der Waals surface area contributed by atoms with E-state index in [1.165, 1.54) is 12.5 Å². The molecule has 1 aromatic rings. The van der Waals surface area contributed by atoms with E-state index in [0.29, 0.717) is 0 Å². The van der Waals surface area contributed by atoms with Crippen LogP contribution in [0, 0.1) is 6.92 Å². The summed E-state index contributed by atoms with van der Waals surface area (Å²) in [6, 6.07) is 8.01. The Kier molecular flexibility index (Phi) is 5.14. The first-order valence-electron chi connectivity index (χ1n) is 5.46. The number of esters is 1. The van der Waals surface area contributed by atoms with Crippen LogP contribution in [0.5, 0.6) is 0 Å². The maximum atomic E-state index is 11.0. The molecule has 0 amide bonds. The maximum absolute atomic E-state index is 11.0. The second kappa shape index (κ2) is 6.63. The van der Waals surface area contributed by atoms with Crippen molar-refractivity contribution in [1.29, 1.82) is 0 Å². The first-order valence-corrected chi connectivity index (χ1v) is 5.46. The van der Waals surface area contributed by atoms with Gasteiger partial charge in [-0.25, -0.2) is 0 Å². The zero-order valence-corrected chi connectivity index (χ0v) is 10.1. The fourth-order valence-electron chi connectivity index (χ4n) is 1.26. The van der Waals surface area contributed by atoms with Gasteiger partial charge in [0, 0.05) is 0 Å². The van der Waals surface area contributed by atoms with E-state index in [9.17, 15) is 9.59 Å². The number of carbonyl (C=O) groups is 2. The molecule has 0 heterocycles. The van der Waals surface area contributed by atoms with Gasteiger partial charge in [0.1, 0.15) is 18.8 Å². The van der Waals surface area contributed by atoms with Crippen LogP contribution in [0.2, 0.25) is 0 Å². The van der Waals surface area contributed by atoms with Crippen molar-refractivity contribution < 1.29 is 14.3 Å². The quantitative estimate of drug-likeness (QED) is 0.578. The average molecular weight is 232 g/mol. The van der Waals surface area contributed by atoms with Crippen molar-refractivity contribution in [2.75, 3.05) is 6.61 Å². The zero-order valence-electron chi connectivity index (χ0n) is 10.1. The van der Waals surface area contributed by atoms with E-state index in [2.05, 4.69) is 0 Å². The minimum absolute atomic E-state index is 0.154. The van der Waals surface area contributed by atoms with Crippen LogP contribution in [0.3, 0.4) is 0 Å². The Bertz CT molecular complexity index is 416. The van der Waals surface area contributed by atoms with Gasteiger partial charge in [-0.05, 0) is 25.5 Å². The smallest absolute Gasteiger partial charge is 0.313 e. The second-order valence-corrected chi connectivity index (χ2v) is 3.87. The van der Waals surface area contributed by atoms with E-state index in [-0.39, 0.29) is 18.8 Å². The Morgan fingerprint density at radius 1 is 1.24 bits per heavy atom. The Morgan fingerprint density at radius 3 is 2.47 bits per heavy atom. The lowest BCUT2D eigenvalue weighted by Crippen LogP contribution is -2.08. The second-order valence-electron chi connectivity index (χ2n) is 3.87. The summed E-state index contributed by atoms with van der Waals surface area (Å²) in [5.74, 6) is -0.663. The molecule has 0 saturated heterocycles. The normalized spacial score (nSPS) is 10.5. The van der Waals surface area contributed by atoms with Crippen molar-refractivity contribution in [1.82, 2.24) is 0 Å². The summed E-state index contributed by atoms with van der Waals surface area (Å²) >= 11 is 0. The topological polar surface area (TPSA) is 43.4 Å². The minimum Gasteiger partial charge on any atom is -0.461 e. The van der Waals surface area contributed by atoms with Gasteiger partial charge in [-0.1, -0.05) is 35.9 Å². The summed E-state index contributed by atoms with van der Waals surface area (Å²) in [5, 5.41) is 0. The molecule has 3 nitrogen and oxygen atoms in total. The van der Waals surface area contributed by atoms with Crippen LogP contribution >= 0.6 is 0 Å². The highest BCUT2D eigenvalue weighted by molar-refractivity contribution is 5.94. The van der Waals surface area contributed by atoms with Crippen LogP contribution < -0.4 is 0 Å². The van der Waals surface area contributed by atoms with Crippen molar-refractivity contribution in [3.05, 3.63) is 41.5 Å². The molecule has 1 aromatic carbocycles. The standard InChI is InChI=1S/C14H16O3/c1-11-5-7-13(8-6-11)4-3-9-17-14(16)10-12(2)15/h3-8H,9-10H2,1-2H3/b4-3+. The lowest BCUT2D eigenvalue weighted by molar-refractivity contribution is -0.144. The molecule has 0 radical (unpaired) electrons. The van der Waals surface area contributed by atoms with Crippen LogP contribution in [0.4, 0.5) is 0 Å². The van der Waals surface area contributed by atoms with E-state index >= 15 is 0 Å². The summed E-state index contributed by atoms with van der Waals surface area (Å²) in [7, 11) is 0. The molecule has 90 valence electrons. The summed E-state index contributed by atoms with van der Waals surface area (Å²) < 4.78 is 4.85. The van der Waals surface area contributed by atoms with Gasteiger partial charge in [0.05, 0.1) is 0 Å². The number of rotatable bonds is 5. The van der Waals surface area contributed by atoms with Gasteiger partial charge in [0.2, 0.25) is 0 Å². The largest absolute Gasteiger partial charge is 0.461 e. The molecule has 0 saturated carbocycles. The van der Waals surface area contributed by atoms with Gasteiger partial charge < -0.3 is 4.74 Å². The molecule has 0 spiro atoms. The average Bonchev–Trinajstić information content (AvgIpc) is 2.26. The number of Topliss-reactive ketones (excluding diaryl/α,β-unsaturated/α-hetero) is 1. The van der Waals surface area contributed by atoms with E-state index in [0.717, 1.165) is 5.56 Å². The molecular formula is C14H16O3. The molecule has 0 aliphatic carbocycles. The van der Waals surface area contributed by atoms with Gasteiger partial charge in [-0.15, -0.1) is 0 Å². The predicted molar refractivity (Wildman–Crippen MR) is 66.5 cm³/mol. The molecule has 0 unspecified atom stereocenters. The number of benzene rings is 1. The Balaban J connectivity index is 2.33. The van der Waals surface area contributed by atoms with Gasteiger partial charge in [-0.2, -0.15) is 0 Å². The van der Waals surface area contributed by atoms with Crippen molar-refractivity contribution in [3.63, 3.8) is 0 Å². The number of hydrogen-bond donors (Lipinski definition) is 0. The summed E-state index contributed by atoms with van der Waals surface area (Å²) in [6.07, 6.45) is 3.47. The van der Waals surface area contributed by atoms with Crippen LogP contribution in [0.25, 0.3) is 6.08 Å². The van der Waals surface area contributed by atoms with Crippen LogP contribution in [0.1, 0.15) is 24.5 Å². The summed E-state index contributed by atoms with van der Waals surface area (Å²) in [6.45, 7) is 3.58. The third-order valence-corrected chi connectivity index (χ3v) is 2.12. The van der Waals surface area contributed by atoms with Crippen molar-refractivity contribution >= 4 is 17.8 Å². The van der Waals surface area contributed by atoms with Crippen molar-refractivity contribution in [2.45, 2.75) is 20.3 Å². The highest BCUT2D eigenvalue weighted by Crippen LogP contribution is 2.04. The molecule has 3 heteroatoms. The van der Waals surface area contributed by atoms with Gasteiger partial charge in [0.15, 0.2) is 0 Å². The molecule has 17 heavy (non-hydrogen) atoms. The first kappa shape index (κ1) is 13.2. The van der Waals surface area contributed by atoms with Gasteiger partial charge in [0.25, 0.3) is 0 Å². The van der Waals surface area contributed by atoms with Crippen LogP contribution in [-0.2, 0) is 14.3 Å². The molecule has 0 bridgehead atoms. The lowest BCUT2D eigenvalue weighted by atomic mass is 10.1. The van der Waals surface area contributed by atoms with Crippen LogP contribution in [0.15, 0.2) is 30.3 Å². The molecule has 0 aromatic heterocycles. The number of ether oxygens (including phenoxy) is 1. The lowest BCUT2D eigenvalue weighted by Gasteiger charge is -1.99. The Hall–Kier alpha value is -1.90. The third kappa shape index (κ3) is 5.66. The molecule has 0 atom stereocenters. The Labute approximate surface area is 101 Å². The fraction of sp³-hybridized carbons (Fsp3) is 0.286. The zero-order chi connectivity index (χ0) is 12.7. The van der Waals surface area contributed by atoms with E-state index in [4.69, 9.17) is 4.74 Å². The summed E-state index contributed by atoms with van der Waals surface area (Å²) in [5.41, 5.74) is 2.26. The van der Waals surface area contributed by atoms with Crippen molar-refractivity contribution in [2.24, 2.45) is 0 Å². The minimum atomic E-state index is -0.481. The Morgan fingerprint density at radius 2 is 1.88 bits per heavy atom. The van der Waals surface area contributed by atoms with E-state index in [1.54, 1.807) is 6.08 Å². The van der Waals surface area contributed by atoms with E-state index < -0.39 is 5.97 Å². The van der Waals surface area contributed by atoms with Gasteiger partial charge >= 0.3 is 5.97 Å². The number of hydrogen-bond acceptors (Lipinski definition) is 3. The monoisotopic (exact) mass is 232 g/mol. The number of ketones is 1. The summed E-state index contributed by atoms with van der Waals surface area (Å²) in [4.78, 5) is 21.7. The predicted octanol–water partition coefficient (Wildman–Crippen LogP) is 2.53. The molecule has 0 aliphatic rings. The SMILES string of the molecule is CC(=O)CC(=O)OC/C=C/c1ccc(C)cc1. The highest BCUT2D eigenvalue weighted by Gasteiger charge is 2.04. The highest BCUT2D eigenvalue weighted by atomic mass is 16.5. The fourth-order valence-corrected chi connectivity index (χ4v) is 1.26.